The largest absolute Gasteiger partial charge is 0.494 e. The number of hydrogen-bond donors (Lipinski definition) is 0. The van der Waals surface area contributed by atoms with E-state index in [-0.39, 0.29) is 0 Å². The predicted molar refractivity (Wildman–Crippen MR) is 68.1 cm³/mol. The van der Waals surface area contributed by atoms with E-state index in [0.717, 1.165) is 17.9 Å². The van der Waals surface area contributed by atoms with Crippen molar-refractivity contribution < 1.29 is 4.74 Å². The minimum atomic E-state index is 0.711. The first-order valence-corrected chi connectivity index (χ1v) is 6.43. The third kappa shape index (κ3) is 2.25. The molecule has 16 heavy (non-hydrogen) atoms. The summed E-state index contributed by atoms with van der Waals surface area (Å²) < 4.78 is 5.58. The van der Waals surface area contributed by atoms with Crippen LogP contribution < -0.4 is 4.74 Å². The molecule has 0 aliphatic heterocycles. The number of ether oxygens (including phenoxy) is 1. The summed E-state index contributed by atoms with van der Waals surface area (Å²) in [5, 5.41) is 2.06. The third-order valence-electron chi connectivity index (χ3n) is 2.47. The second kappa shape index (κ2) is 5.12. The van der Waals surface area contributed by atoms with Crippen molar-refractivity contribution in [2.75, 3.05) is 6.61 Å². The van der Waals surface area contributed by atoms with E-state index >= 15 is 0 Å². The number of nitrogens with zero attached hydrogens (tertiary/aromatic N) is 1. The molecular formula is C13H15NOS. The molecule has 0 bridgehead atoms. The molecule has 2 rings (SSSR count). The molecule has 3 heteroatoms. The molecule has 0 N–H and O–H groups in total. The van der Waals surface area contributed by atoms with Crippen LogP contribution in [0.25, 0.3) is 11.3 Å². The summed E-state index contributed by atoms with van der Waals surface area (Å²) in [7, 11) is 0. The van der Waals surface area contributed by atoms with E-state index in [4.69, 9.17) is 4.74 Å². The van der Waals surface area contributed by atoms with E-state index in [2.05, 4.69) is 29.4 Å². The Morgan fingerprint density at radius 3 is 2.81 bits per heavy atom. The lowest BCUT2D eigenvalue weighted by Gasteiger charge is -2.09. The molecule has 84 valence electrons. The van der Waals surface area contributed by atoms with Gasteiger partial charge < -0.3 is 4.74 Å². The van der Waals surface area contributed by atoms with Crippen molar-refractivity contribution in [3.05, 3.63) is 34.7 Å². The molecule has 0 saturated carbocycles. The molecule has 2 aromatic rings. The molecule has 0 aliphatic rings. The summed E-state index contributed by atoms with van der Waals surface area (Å²) in [6, 6.07) is 6.27. The SMILES string of the molecule is CCOc1ccc(-c2cscn2)cc1CC. The maximum absolute atomic E-state index is 5.58. The van der Waals surface area contributed by atoms with Gasteiger partial charge in [0.2, 0.25) is 0 Å². The zero-order chi connectivity index (χ0) is 11.4. The van der Waals surface area contributed by atoms with Crippen molar-refractivity contribution in [1.82, 2.24) is 4.98 Å². The van der Waals surface area contributed by atoms with Gasteiger partial charge in [-0.3, -0.25) is 0 Å². The van der Waals surface area contributed by atoms with E-state index in [9.17, 15) is 0 Å². The van der Waals surface area contributed by atoms with Crippen molar-refractivity contribution in [2.24, 2.45) is 0 Å². The maximum Gasteiger partial charge on any atom is 0.122 e. The molecule has 0 saturated heterocycles. The van der Waals surface area contributed by atoms with Crippen LogP contribution >= 0.6 is 11.3 Å². The van der Waals surface area contributed by atoms with E-state index in [0.29, 0.717) is 6.61 Å². The molecule has 0 atom stereocenters. The summed E-state index contributed by atoms with van der Waals surface area (Å²) >= 11 is 1.62. The quantitative estimate of drug-likeness (QED) is 0.802. The lowest BCUT2D eigenvalue weighted by Crippen LogP contribution is -1.96. The van der Waals surface area contributed by atoms with Crippen molar-refractivity contribution in [1.29, 1.82) is 0 Å². The van der Waals surface area contributed by atoms with Gasteiger partial charge in [-0.05, 0) is 37.1 Å². The van der Waals surface area contributed by atoms with Gasteiger partial charge in [0.15, 0.2) is 0 Å². The van der Waals surface area contributed by atoms with Gasteiger partial charge in [-0.2, -0.15) is 0 Å². The van der Waals surface area contributed by atoms with Crippen LogP contribution in [0.2, 0.25) is 0 Å². The van der Waals surface area contributed by atoms with Crippen LogP contribution in [0.3, 0.4) is 0 Å². The fourth-order valence-electron chi connectivity index (χ4n) is 1.67. The van der Waals surface area contributed by atoms with E-state index in [1.54, 1.807) is 11.3 Å². The Morgan fingerprint density at radius 2 is 2.19 bits per heavy atom. The summed E-state index contributed by atoms with van der Waals surface area (Å²) in [5.74, 6) is 0.990. The Bertz CT molecular complexity index is 451. The van der Waals surface area contributed by atoms with Gasteiger partial charge in [-0.25, -0.2) is 4.98 Å². The first-order chi connectivity index (χ1) is 7.85. The van der Waals surface area contributed by atoms with Gasteiger partial charge in [-0.1, -0.05) is 6.92 Å². The lowest BCUT2D eigenvalue weighted by atomic mass is 10.1. The minimum Gasteiger partial charge on any atom is -0.494 e. The zero-order valence-corrected chi connectivity index (χ0v) is 10.4. The minimum absolute atomic E-state index is 0.711. The first kappa shape index (κ1) is 11.1. The Balaban J connectivity index is 2.36. The van der Waals surface area contributed by atoms with Crippen LogP contribution in [0.5, 0.6) is 5.75 Å². The second-order valence-electron chi connectivity index (χ2n) is 3.48. The average Bonchev–Trinajstić information content (AvgIpc) is 2.83. The molecule has 0 amide bonds. The highest BCUT2D eigenvalue weighted by atomic mass is 32.1. The molecule has 0 spiro atoms. The van der Waals surface area contributed by atoms with Crippen molar-refractivity contribution in [3.63, 3.8) is 0 Å². The van der Waals surface area contributed by atoms with Gasteiger partial charge in [0.25, 0.3) is 0 Å². The van der Waals surface area contributed by atoms with E-state index in [1.165, 1.54) is 11.1 Å². The highest BCUT2D eigenvalue weighted by Crippen LogP contribution is 2.26. The van der Waals surface area contributed by atoms with Gasteiger partial charge >= 0.3 is 0 Å². The zero-order valence-electron chi connectivity index (χ0n) is 9.56. The summed E-state index contributed by atoms with van der Waals surface area (Å²) in [5.41, 5.74) is 5.31. The fraction of sp³-hybridized carbons (Fsp3) is 0.308. The molecular weight excluding hydrogens is 218 g/mol. The van der Waals surface area contributed by atoms with E-state index in [1.807, 2.05) is 18.5 Å². The molecule has 0 fully saturated rings. The van der Waals surface area contributed by atoms with Crippen LogP contribution in [0.4, 0.5) is 0 Å². The Labute approximate surface area is 99.9 Å². The molecule has 1 aromatic carbocycles. The molecule has 1 aromatic heterocycles. The summed E-state index contributed by atoms with van der Waals surface area (Å²) in [6.07, 6.45) is 0.979. The predicted octanol–water partition coefficient (Wildman–Crippen LogP) is 3.77. The Kier molecular flexibility index (Phi) is 3.57. The average molecular weight is 233 g/mol. The van der Waals surface area contributed by atoms with Crippen molar-refractivity contribution >= 4 is 11.3 Å². The third-order valence-corrected chi connectivity index (χ3v) is 3.06. The Morgan fingerprint density at radius 1 is 1.31 bits per heavy atom. The van der Waals surface area contributed by atoms with Gasteiger partial charge in [0, 0.05) is 10.9 Å². The van der Waals surface area contributed by atoms with Crippen LogP contribution in [0.1, 0.15) is 19.4 Å². The number of thiazole rings is 1. The number of rotatable bonds is 4. The van der Waals surface area contributed by atoms with Crippen molar-refractivity contribution in [2.45, 2.75) is 20.3 Å². The van der Waals surface area contributed by atoms with Crippen LogP contribution in [0, 0.1) is 0 Å². The summed E-state index contributed by atoms with van der Waals surface area (Å²) in [4.78, 5) is 4.32. The number of hydrogen-bond acceptors (Lipinski definition) is 3. The van der Waals surface area contributed by atoms with Crippen LogP contribution in [0.15, 0.2) is 29.1 Å². The fourth-order valence-corrected chi connectivity index (χ4v) is 2.23. The highest BCUT2D eigenvalue weighted by molar-refractivity contribution is 7.07. The summed E-state index contributed by atoms with van der Waals surface area (Å²) in [6.45, 7) is 4.86. The molecule has 0 aliphatic carbocycles. The normalized spacial score (nSPS) is 10.4. The highest BCUT2D eigenvalue weighted by Gasteiger charge is 2.05. The maximum atomic E-state index is 5.58. The van der Waals surface area contributed by atoms with Gasteiger partial charge in [0.1, 0.15) is 5.75 Å². The van der Waals surface area contributed by atoms with Gasteiger partial charge in [0.05, 0.1) is 17.8 Å². The van der Waals surface area contributed by atoms with Gasteiger partial charge in [-0.15, -0.1) is 11.3 Å². The van der Waals surface area contributed by atoms with Crippen molar-refractivity contribution in [3.8, 4) is 17.0 Å². The topological polar surface area (TPSA) is 22.1 Å². The van der Waals surface area contributed by atoms with Crippen LogP contribution in [-0.2, 0) is 6.42 Å². The number of aromatic nitrogens is 1. The Hall–Kier alpha value is -1.35. The smallest absolute Gasteiger partial charge is 0.122 e. The monoisotopic (exact) mass is 233 g/mol. The second-order valence-corrected chi connectivity index (χ2v) is 4.20. The standard InChI is InChI=1S/C13H15NOS/c1-3-10-7-11(12-8-16-9-14-12)5-6-13(10)15-4-2/h5-9H,3-4H2,1-2H3. The molecule has 1 heterocycles. The molecule has 2 nitrogen and oxygen atoms in total. The number of benzene rings is 1. The molecule has 0 radical (unpaired) electrons. The lowest BCUT2D eigenvalue weighted by molar-refractivity contribution is 0.337. The number of aryl methyl sites for hydroxylation is 1. The van der Waals surface area contributed by atoms with E-state index < -0.39 is 0 Å². The molecule has 0 unspecified atom stereocenters. The van der Waals surface area contributed by atoms with Crippen LogP contribution in [-0.4, -0.2) is 11.6 Å². The first-order valence-electron chi connectivity index (χ1n) is 5.49.